The molecule has 0 N–H and O–H groups in total. The average Bonchev–Trinajstić information content (AvgIpc) is 3.02. The summed E-state index contributed by atoms with van der Waals surface area (Å²) < 4.78 is 0. The summed E-state index contributed by atoms with van der Waals surface area (Å²) in [6, 6.07) is 18.5. The van der Waals surface area contributed by atoms with Crippen molar-refractivity contribution < 1.29 is 0 Å². The summed E-state index contributed by atoms with van der Waals surface area (Å²) in [4.78, 5) is 1.64. The van der Waals surface area contributed by atoms with Crippen molar-refractivity contribution in [2.24, 2.45) is 0 Å². The number of benzene rings is 2. The molecule has 0 fully saturated rings. The van der Waals surface area contributed by atoms with Crippen molar-refractivity contribution in [1.82, 2.24) is 20.2 Å². The maximum absolute atomic E-state index is 4.44. The maximum atomic E-state index is 4.44. The molecule has 0 radical (unpaired) electrons. The number of aromatic nitrogens is 4. The van der Waals surface area contributed by atoms with Crippen molar-refractivity contribution in [3.63, 3.8) is 0 Å². The van der Waals surface area contributed by atoms with E-state index in [2.05, 4.69) is 46.3 Å². The highest BCUT2D eigenvalue weighted by Crippen LogP contribution is 2.07. The molecule has 0 unspecified atom stereocenters. The molecule has 22 heavy (non-hydrogen) atoms. The summed E-state index contributed by atoms with van der Waals surface area (Å²) in [5, 5.41) is 12.7. The Kier molecular flexibility index (Phi) is 4.39. The van der Waals surface area contributed by atoms with Gasteiger partial charge in [0, 0.05) is 6.42 Å². The number of aryl methyl sites for hydroxylation is 2. The molecule has 0 aliphatic carbocycles. The van der Waals surface area contributed by atoms with Gasteiger partial charge in [-0.25, -0.2) is 0 Å². The van der Waals surface area contributed by atoms with Gasteiger partial charge in [-0.1, -0.05) is 67.3 Å². The summed E-state index contributed by atoms with van der Waals surface area (Å²) in [5.74, 6) is 0.784. The molecule has 1 aromatic heterocycles. The van der Waals surface area contributed by atoms with Crippen LogP contribution >= 0.6 is 0 Å². The Morgan fingerprint density at radius 1 is 0.909 bits per heavy atom. The van der Waals surface area contributed by atoms with Crippen LogP contribution < -0.4 is 0 Å². The number of tetrazole rings is 1. The van der Waals surface area contributed by atoms with Gasteiger partial charge in [0.2, 0.25) is 0 Å². The highest BCUT2D eigenvalue weighted by molar-refractivity contribution is 5.47. The lowest BCUT2D eigenvalue weighted by Gasteiger charge is -2.00. The lowest BCUT2D eigenvalue weighted by atomic mass is 10.1. The molecule has 0 saturated carbocycles. The van der Waals surface area contributed by atoms with E-state index < -0.39 is 0 Å². The lowest BCUT2D eigenvalue weighted by molar-refractivity contribution is 0.570. The van der Waals surface area contributed by atoms with Gasteiger partial charge < -0.3 is 0 Å². The smallest absolute Gasteiger partial charge is 0.160 e. The van der Waals surface area contributed by atoms with Crippen LogP contribution in [0.3, 0.4) is 0 Å². The predicted octanol–water partition coefficient (Wildman–Crippen LogP) is 3.15. The quantitative estimate of drug-likeness (QED) is 0.700. The van der Waals surface area contributed by atoms with Gasteiger partial charge in [-0.3, -0.25) is 0 Å². The molecular formula is C18H18N4. The number of hydrogen-bond donors (Lipinski definition) is 0. The molecule has 110 valence electrons. The highest BCUT2D eigenvalue weighted by Gasteiger charge is 2.04. The Morgan fingerprint density at radius 2 is 1.68 bits per heavy atom. The molecular weight excluding hydrogens is 272 g/mol. The van der Waals surface area contributed by atoms with E-state index in [0.29, 0.717) is 6.54 Å². The number of nitrogens with zero attached hydrogens (tertiary/aromatic N) is 4. The lowest BCUT2D eigenvalue weighted by Crippen LogP contribution is -2.04. The molecule has 1 heterocycles. The number of hydrogen-bond acceptors (Lipinski definition) is 3. The third kappa shape index (κ3) is 3.67. The van der Waals surface area contributed by atoms with Crippen LogP contribution in [0.4, 0.5) is 0 Å². The van der Waals surface area contributed by atoms with E-state index in [1.54, 1.807) is 4.80 Å². The highest BCUT2D eigenvalue weighted by atomic mass is 15.6. The normalized spacial score (nSPS) is 10.5. The summed E-state index contributed by atoms with van der Waals surface area (Å²) in [6.45, 7) is 4.39. The zero-order chi connectivity index (χ0) is 15.2. The molecule has 3 rings (SSSR count). The van der Waals surface area contributed by atoms with Gasteiger partial charge in [0.25, 0.3) is 0 Å². The molecule has 0 aliphatic heterocycles. The zero-order valence-electron chi connectivity index (χ0n) is 12.4. The van der Waals surface area contributed by atoms with Crippen molar-refractivity contribution in [3.05, 3.63) is 83.7 Å². The van der Waals surface area contributed by atoms with Gasteiger partial charge >= 0.3 is 0 Å². The minimum atomic E-state index is 0.635. The molecule has 4 heteroatoms. The minimum Gasteiger partial charge on any atom is -0.160 e. The monoisotopic (exact) mass is 290 g/mol. The second-order valence-corrected chi connectivity index (χ2v) is 5.17. The van der Waals surface area contributed by atoms with Gasteiger partial charge in [0.15, 0.2) is 5.82 Å². The van der Waals surface area contributed by atoms with Crippen LogP contribution in [-0.4, -0.2) is 20.2 Å². The fourth-order valence-electron chi connectivity index (χ4n) is 2.27. The van der Waals surface area contributed by atoms with E-state index in [-0.39, 0.29) is 0 Å². The SMILES string of the molecule is C=Cc1ccc(Cn2nnc(CCc3ccccc3)n2)cc1. The first-order valence-electron chi connectivity index (χ1n) is 7.35. The summed E-state index contributed by atoms with van der Waals surface area (Å²) in [7, 11) is 0. The van der Waals surface area contributed by atoms with Gasteiger partial charge in [-0.05, 0) is 28.3 Å². The molecule has 3 aromatic rings. The molecule has 0 atom stereocenters. The Morgan fingerprint density at radius 3 is 2.41 bits per heavy atom. The summed E-state index contributed by atoms with van der Waals surface area (Å²) >= 11 is 0. The van der Waals surface area contributed by atoms with Gasteiger partial charge in [0.1, 0.15) is 0 Å². The molecule has 0 bridgehead atoms. The van der Waals surface area contributed by atoms with Gasteiger partial charge in [-0.15, -0.1) is 10.2 Å². The first-order valence-corrected chi connectivity index (χ1v) is 7.35. The van der Waals surface area contributed by atoms with Crippen LogP contribution in [0.15, 0.2) is 61.2 Å². The second kappa shape index (κ2) is 6.80. The van der Waals surface area contributed by atoms with Crippen molar-refractivity contribution in [2.75, 3.05) is 0 Å². The van der Waals surface area contributed by atoms with Crippen LogP contribution in [0.5, 0.6) is 0 Å². The topological polar surface area (TPSA) is 43.6 Å². The third-order valence-corrected chi connectivity index (χ3v) is 3.51. The summed E-state index contributed by atoms with van der Waals surface area (Å²) in [6.07, 6.45) is 3.57. The molecule has 0 amide bonds. The van der Waals surface area contributed by atoms with Crippen molar-refractivity contribution in [3.8, 4) is 0 Å². The van der Waals surface area contributed by atoms with Crippen LogP contribution in [0.25, 0.3) is 6.08 Å². The van der Waals surface area contributed by atoms with Crippen LogP contribution in [0.2, 0.25) is 0 Å². The Balaban J connectivity index is 1.59. The van der Waals surface area contributed by atoms with E-state index in [0.717, 1.165) is 29.8 Å². The molecule has 4 nitrogen and oxygen atoms in total. The zero-order valence-corrected chi connectivity index (χ0v) is 12.4. The maximum Gasteiger partial charge on any atom is 0.175 e. The Hall–Kier alpha value is -2.75. The first kappa shape index (κ1) is 14.2. The third-order valence-electron chi connectivity index (χ3n) is 3.51. The van der Waals surface area contributed by atoms with Gasteiger partial charge in [0.05, 0.1) is 6.54 Å². The standard InChI is InChI=1S/C18H18N4/c1-2-15-8-10-17(11-9-15)14-22-20-18(19-21-22)13-12-16-6-4-3-5-7-16/h2-11H,1,12-14H2. The van der Waals surface area contributed by atoms with Gasteiger partial charge in [-0.2, -0.15) is 4.80 Å². The molecule has 2 aromatic carbocycles. The van der Waals surface area contributed by atoms with E-state index in [9.17, 15) is 0 Å². The Bertz CT molecular complexity index is 729. The van der Waals surface area contributed by atoms with Crippen molar-refractivity contribution in [1.29, 1.82) is 0 Å². The van der Waals surface area contributed by atoms with Crippen molar-refractivity contribution in [2.45, 2.75) is 19.4 Å². The van der Waals surface area contributed by atoms with E-state index in [1.165, 1.54) is 5.56 Å². The average molecular weight is 290 g/mol. The van der Waals surface area contributed by atoms with Crippen LogP contribution in [-0.2, 0) is 19.4 Å². The fourth-order valence-corrected chi connectivity index (χ4v) is 2.27. The molecule has 0 spiro atoms. The largest absolute Gasteiger partial charge is 0.175 e. The Labute approximate surface area is 130 Å². The van der Waals surface area contributed by atoms with Crippen LogP contribution in [0, 0.1) is 0 Å². The summed E-state index contributed by atoms with van der Waals surface area (Å²) in [5.41, 5.74) is 3.55. The number of rotatable bonds is 6. The second-order valence-electron chi connectivity index (χ2n) is 5.17. The minimum absolute atomic E-state index is 0.635. The first-order chi connectivity index (χ1) is 10.8. The predicted molar refractivity (Wildman–Crippen MR) is 87.3 cm³/mol. The molecule has 0 aliphatic rings. The fraction of sp³-hybridized carbons (Fsp3) is 0.167. The van der Waals surface area contributed by atoms with Crippen molar-refractivity contribution >= 4 is 6.08 Å². The van der Waals surface area contributed by atoms with E-state index in [4.69, 9.17) is 0 Å². The van der Waals surface area contributed by atoms with E-state index in [1.807, 2.05) is 36.4 Å². The van der Waals surface area contributed by atoms with E-state index >= 15 is 0 Å². The van der Waals surface area contributed by atoms with Crippen LogP contribution in [0.1, 0.15) is 22.5 Å². The molecule has 0 saturated heterocycles.